The number of hydrogen-bond donors (Lipinski definition) is 3. The molecule has 0 fully saturated rings. The third kappa shape index (κ3) is 4.05. The summed E-state index contributed by atoms with van der Waals surface area (Å²) >= 11 is 0. The van der Waals surface area contributed by atoms with Gasteiger partial charge in [-0.1, -0.05) is 13.0 Å². The predicted octanol–water partition coefficient (Wildman–Crippen LogP) is 1.41. The Labute approximate surface area is 122 Å². The van der Waals surface area contributed by atoms with Crippen molar-refractivity contribution in [1.82, 2.24) is 5.32 Å². The van der Waals surface area contributed by atoms with Crippen LogP contribution in [0.3, 0.4) is 0 Å². The van der Waals surface area contributed by atoms with E-state index < -0.39 is 5.97 Å². The van der Waals surface area contributed by atoms with Crippen LogP contribution in [0.5, 0.6) is 0 Å². The summed E-state index contributed by atoms with van der Waals surface area (Å²) in [7, 11) is 0. The van der Waals surface area contributed by atoms with Gasteiger partial charge in [0.2, 0.25) is 5.91 Å². The summed E-state index contributed by atoms with van der Waals surface area (Å²) in [5.74, 6) is -1.02. The zero-order valence-corrected chi connectivity index (χ0v) is 11.8. The first-order chi connectivity index (χ1) is 9.95. The minimum absolute atomic E-state index is 0.0650. The molecule has 1 atom stereocenters. The van der Waals surface area contributed by atoms with Crippen molar-refractivity contribution in [2.24, 2.45) is 5.92 Å². The van der Waals surface area contributed by atoms with E-state index >= 15 is 0 Å². The molecule has 0 radical (unpaired) electrons. The molecule has 1 aliphatic heterocycles. The van der Waals surface area contributed by atoms with Crippen LogP contribution in [0, 0.1) is 5.92 Å². The molecule has 0 spiro atoms. The van der Waals surface area contributed by atoms with Crippen LogP contribution in [0.2, 0.25) is 0 Å². The van der Waals surface area contributed by atoms with Gasteiger partial charge in [-0.25, -0.2) is 0 Å². The lowest BCUT2D eigenvalue weighted by molar-refractivity contribution is -0.137. The van der Waals surface area contributed by atoms with Gasteiger partial charge in [-0.2, -0.15) is 0 Å². The molecule has 0 aliphatic carbocycles. The maximum Gasteiger partial charge on any atom is 0.303 e. The Morgan fingerprint density at radius 3 is 2.90 bits per heavy atom. The molecule has 2 amide bonds. The topological polar surface area (TPSA) is 95.5 Å². The van der Waals surface area contributed by atoms with Crippen LogP contribution in [0.4, 0.5) is 5.69 Å². The van der Waals surface area contributed by atoms with E-state index in [-0.39, 0.29) is 24.2 Å². The highest BCUT2D eigenvalue weighted by atomic mass is 16.4. The molecule has 2 rings (SSSR count). The van der Waals surface area contributed by atoms with Crippen molar-refractivity contribution in [2.45, 2.75) is 26.2 Å². The van der Waals surface area contributed by atoms with Crippen LogP contribution < -0.4 is 10.6 Å². The maximum atomic E-state index is 12.0. The van der Waals surface area contributed by atoms with E-state index in [1.807, 2.05) is 6.92 Å². The number of aliphatic carboxylic acids is 1. The van der Waals surface area contributed by atoms with Crippen LogP contribution in [0.1, 0.15) is 35.7 Å². The molecule has 1 aromatic rings. The second-order valence-corrected chi connectivity index (χ2v) is 5.34. The Morgan fingerprint density at radius 1 is 1.43 bits per heavy atom. The van der Waals surface area contributed by atoms with E-state index in [4.69, 9.17) is 5.11 Å². The zero-order valence-electron chi connectivity index (χ0n) is 11.8. The van der Waals surface area contributed by atoms with Crippen LogP contribution in [0.15, 0.2) is 18.2 Å². The highest BCUT2D eigenvalue weighted by Crippen LogP contribution is 2.23. The molecule has 0 aromatic heterocycles. The number of nitrogens with one attached hydrogen (secondary N) is 2. The fourth-order valence-electron chi connectivity index (χ4n) is 2.20. The molecule has 112 valence electrons. The van der Waals surface area contributed by atoms with Crippen LogP contribution in [-0.2, 0) is 16.0 Å². The second-order valence-electron chi connectivity index (χ2n) is 5.34. The van der Waals surface area contributed by atoms with Crippen molar-refractivity contribution in [1.29, 1.82) is 0 Å². The fraction of sp³-hybridized carbons (Fsp3) is 0.400. The van der Waals surface area contributed by atoms with Gasteiger partial charge in [0.05, 0.1) is 6.42 Å². The van der Waals surface area contributed by atoms with E-state index in [9.17, 15) is 14.4 Å². The fourth-order valence-corrected chi connectivity index (χ4v) is 2.20. The van der Waals surface area contributed by atoms with Gasteiger partial charge in [0.1, 0.15) is 0 Å². The highest BCUT2D eigenvalue weighted by Gasteiger charge is 2.19. The number of amides is 2. The Morgan fingerprint density at radius 2 is 2.19 bits per heavy atom. The Bertz CT molecular complexity index is 583. The van der Waals surface area contributed by atoms with E-state index in [0.29, 0.717) is 30.6 Å². The monoisotopic (exact) mass is 290 g/mol. The molecular formula is C15H18N2O4. The standard InChI is InChI=1S/C15H18N2O4/c1-9(2-5-14(19)20)8-16-15(21)11-4-3-10-7-13(18)17-12(10)6-11/h3-4,6,9H,2,5,7-8H2,1H3,(H,16,21)(H,17,18)(H,19,20). The van der Waals surface area contributed by atoms with Crippen molar-refractivity contribution in [3.05, 3.63) is 29.3 Å². The molecular weight excluding hydrogens is 272 g/mol. The van der Waals surface area contributed by atoms with Gasteiger partial charge in [0.25, 0.3) is 5.91 Å². The van der Waals surface area contributed by atoms with Crippen molar-refractivity contribution in [3.8, 4) is 0 Å². The number of fused-ring (bicyclic) bond motifs is 1. The number of anilines is 1. The average molecular weight is 290 g/mol. The van der Waals surface area contributed by atoms with Crippen LogP contribution in [0.25, 0.3) is 0 Å². The highest BCUT2D eigenvalue weighted by molar-refractivity contribution is 6.02. The summed E-state index contributed by atoms with van der Waals surface area (Å²) in [6.45, 7) is 2.32. The van der Waals surface area contributed by atoms with Crippen molar-refractivity contribution in [3.63, 3.8) is 0 Å². The average Bonchev–Trinajstić information content (AvgIpc) is 2.81. The number of carboxylic acid groups (broad SMARTS) is 1. The van der Waals surface area contributed by atoms with E-state index in [2.05, 4.69) is 10.6 Å². The van der Waals surface area contributed by atoms with Gasteiger partial charge in [0.15, 0.2) is 0 Å². The molecule has 3 N–H and O–H groups in total. The first kappa shape index (κ1) is 15.0. The molecule has 1 unspecified atom stereocenters. The van der Waals surface area contributed by atoms with Crippen molar-refractivity contribution in [2.75, 3.05) is 11.9 Å². The lowest BCUT2D eigenvalue weighted by atomic mass is 10.1. The molecule has 1 aliphatic rings. The molecule has 1 aromatic carbocycles. The molecule has 0 bridgehead atoms. The van der Waals surface area contributed by atoms with Gasteiger partial charge in [-0.15, -0.1) is 0 Å². The van der Waals surface area contributed by atoms with Crippen LogP contribution in [-0.4, -0.2) is 29.4 Å². The lowest BCUT2D eigenvalue weighted by Gasteiger charge is -2.12. The number of carboxylic acids is 1. The minimum atomic E-state index is -0.831. The van der Waals surface area contributed by atoms with Gasteiger partial charge in [-0.3, -0.25) is 14.4 Å². The second kappa shape index (κ2) is 6.39. The first-order valence-electron chi connectivity index (χ1n) is 6.88. The van der Waals surface area contributed by atoms with Crippen LogP contribution >= 0.6 is 0 Å². The van der Waals surface area contributed by atoms with Crippen molar-refractivity contribution < 1.29 is 19.5 Å². The normalized spacial score (nSPS) is 14.2. The summed E-state index contributed by atoms with van der Waals surface area (Å²) in [6, 6.07) is 5.13. The summed E-state index contributed by atoms with van der Waals surface area (Å²) < 4.78 is 0. The first-order valence-corrected chi connectivity index (χ1v) is 6.88. The van der Waals surface area contributed by atoms with Crippen molar-refractivity contribution >= 4 is 23.5 Å². The number of benzene rings is 1. The summed E-state index contributed by atoms with van der Waals surface area (Å²) in [5.41, 5.74) is 2.07. The van der Waals surface area contributed by atoms with Gasteiger partial charge < -0.3 is 15.7 Å². The number of carbonyl (C=O) groups excluding carboxylic acids is 2. The molecule has 6 heteroatoms. The third-order valence-electron chi connectivity index (χ3n) is 3.46. The number of carbonyl (C=O) groups is 3. The Kier molecular flexibility index (Phi) is 4.57. The van der Waals surface area contributed by atoms with E-state index in [0.717, 1.165) is 5.56 Å². The Balaban J connectivity index is 1.88. The summed E-state index contributed by atoms with van der Waals surface area (Å²) in [5, 5.41) is 14.1. The molecule has 21 heavy (non-hydrogen) atoms. The predicted molar refractivity (Wildman–Crippen MR) is 77.1 cm³/mol. The van der Waals surface area contributed by atoms with Gasteiger partial charge in [-0.05, 0) is 30.0 Å². The Hall–Kier alpha value is -2.37. The zero-order chi connectivity index (χ0) is 15.4. The quantitative estimate of drug-likeness (QED) is 0.738. The largest absolute Gasteiger partial charge is 0.481 e. The number of rotatable bonds is 6. The molecule has 0 saturated carbocycles. The lowest BCUT2D eigenvalue weighted by Crippen LogP contribution is -2.28. The SMILES string of the molecule is CC(CCC(=O)O)CNC(=O)c1ccc2c(c1)NC(=O)C2. The van der Waals surface area contributed by atoms with Gasteiger partial charge in [0, 0.05) is 24.2 Å². The van der Waals surface area contributed by atoms with Gasteiger partial charge >= 0.3 is 5.97 Å². The number of hydrogen-bond acceptors (Lipinski definition) is 3. The third-order valence-corrected chi connectivity index (χ3v) is 3.46. The summed E-state index contributed by atoms with van der Waals surface area (Å²) in [4.78, 5) is 33.8. The van der Waals surface area contributed by atoms with E-state index in [1.54, 1.807) is 18.2 Å². The maximum absolute atomic E-state index is 12.0. The smallest absolute Gasteiger partial charge is 0.303 e. The molecule has 1 heterocycles. The molecule has 6 nitrogen and oxygen atoms in total. The molecule has 0 saturated heterocycles. The van der Waals surface area contributed by atoms with E-state index in [1.165, 1.54) is 0 Å². The summed E-state index contributed by atoms with van der Waals surface area (Å²) in [6.07, 6.45) is 0.973. The minimum Gasteiger partial charge on any atom is -0.481 e.